The first-order valence-electron chi connectivity index (χ1n) is 5.76. The van der Waals surface area contributed by atoms with Crippen molar-refractivity contribution in [3.8, 4) is 0 Å². The molecule has 0 spiro atoms. The number of aromatic nitrogens is 2. The van der Waals surface area contributed by atoms with E-state index in [-0.39, 0.29) is 0 Å². The quantitative estimate of drug-likeness (QED) is 0.827. The zero-order valence-electron chi connectivity index (χ0n) is 9.49. The van der Waals surface area contributed by atoms with Gasteiger partial charge >= 0.3 is 0 Å². The van der Waals surface area contributed by atoms with Gasteiger partial charge in [0.25, 0.3) is 0 Å². The van der Waals surface area contributed by atoms with E-state index < -0.39 is 0 Å². The summed E-state index contributed by atoms with van der Waals surface area (Å²) in [4.78, 5) is 4.17. The van der Waals surface area contributed by atoms with Crippen molar-refractivity contribution < 1.29 is 4.52 Å². The van der Waals surface area contributed by atoms with Crippen molar-refractivity contribution in [3.63, 3.8) is 0 Å². The summed E-state index contributed by atoms with van der Waals surface area (Å²) in [5.74, 6) is 2.31. The minimum absolute atomic E-state index is 0.633. The second-order valence-electron chi connectivity index (χ2n) is 4.57. The van der Waals surface area contributed by atoms with Crippen molar-refractivity contribution in [1.29, 1.82) is 0 Å². The highest BCUT2D eigenvalue weighted by molar-refractivity contribution is 4.84. The number of nitrogens with one attached hydrogen (secondary N) is 1. The maximum atomic E-state index is 5.05. The lowest BCUT2D eigenvalue weighted by Crippen LogP contribution is -2.32. The summed E-state index contributed by atoms with van der Waals surface area (Å²) >= 11 is 0. The van der Waals surface area contributed by atoms with Crippen LogP contribution in [0.3, 0.4) is 0 Å². The summed E-state index contributed by atoms with van der Waals surface area (Å²) in [6.45, 7) is 4.88. The summed E-state index contributed by atoms with van der Waals surface area (Å²) < 4.78 is 5.05. The Bertz CT molecular complexity index is 303. The molecule has 4 heteroatoms. The minimum Gasteiger partial charge on any atom is -0.338 e. The van der Waals surface area contributed by atoms with Crippen LogP contribution in [0.5, 0.6) is 0 Å². The summed E-state index contributed by atoms with van der Waals surface area (Å²) in [5, 5.41) is 7.24. The van der Waals surface area contributed by atoms with Crippen molar-refractivity contribution in [2.45, 2.75) is 52.1 Å². The Labute approximate surface area is 90.4 Å². The third-order valence-electron chi connectivity index (χ3n) is 3.13. The van der Waals surface area contributed by atoms with E-state index in [1.807, 2.05) is 6.92 Å². The van der Waals surface area contributed by atoms with Gasteiger partial charge in [-0.1, -0.05) is 12.1 Å². The van der Waals surface area contributed by atoms with Gasteiger partial charge < -0.3 is 9.84 Å². The SMILES string of the molecule is Cc1noc(CNC2CCC(C)CC2)n1. The average molecular weight is 209 g/mol. The van der Waals surface area contributed by atoms with Gasteiger partial charge in [0, 0.05) is 6.04 Å². The molecule has 84 valence electrons. The van der Waals surface area contributed by atoms with Crippen LogP contribution in [-0.4, -0.2) is 16.2 Å². The van der Waals surface area contributed by atoms with E-state index >= 15 is 0 Å². The van der Waals surface area contributed by atoms with Crippen molar-refractivity contribution in [2.75, 3.05) is 0 Å². The van der Waals surface area contributed by atoms with Gasteiger partial charge in [-0.15, -0.1) is 0 Å². The highest BCUT2D eigenvalue weighted by Gasteiger charge is 2.18. The molecule has 0 unspecified atom stereocenters. The Hall–Kier alpha value is -0.900. The zero-order valence-corrected chi connectivity index (χ0v) is 9.49. The van der Waals surface area contributed by atoms with Crippen LogP contribution in [0.4, 0.5) is 0 Å². The Balaban J connectivity index is 1.74. The lowest BCUT2D eigenvalue weighted by molar-refractivity contribution is 0.289. The maximum absolute atomic E-state index is 5.05. The van der Waals surface area contributed by atoms with E-state index in [2.05, 4.69) is 22.4 Å². The zero-order chi connectivity index (χ0) is 10.7. The smallest absolute Gasteiger partial charge is 0.240 e. The number of aryl methyl sites for hydroxylation is 1. The molecular weight excluding hydrogens is 190 g/mol. The molecule has 0 aromatic carbocycles. The van der Waals surface area contributed by atoms with Gasteiger partial charge in [-0.05, 0) is 38.5 Å². The molecule has 1 fully saturated rings. The van der Waals surface area contributed by atoms with Gasteiger partial charge in [0.15, 0.2) is 5.82 Å². The topological polar surface area (TPSA) is 51.0 Å². The van der Waals surface area contributed by atoms with E-state index in [9.17, 15) is 0 Å². The number of hydrogen-bond acceptors (Lipinski definition) is 4. The van der Waals surface area contributed by atoms with E-state index in [1.165, 1.54) is 25.7 Å². The van der Waals surface area contributed by atoms with Gasteiger partial charge in [0.2, 0.25) is 5.89 Å². The molecule has 1 aromatic rings. The van der Waals surface area contributed by atoms with Gasteiger partial charge in [-0.2, -0.15) is 4.98 Å². The van der Waals surface area contributed by atoms with Crippen molar-refractivity contribution in [2.24, 2.45) is 5.92 Å². The highest BCUT2D eigenvalue weighted by Crippen LogP contribution is 2.23. The first-order valence-corrected chi connectivity index (χ1v) is 5.76. The molecule has 0 atom stereocenters. The number of rotatable bonds is 3. The largest absolute Gasteiger partial charge is 0.338 e. The van der Waals surface area contributed by atoms with E-state index in [0.717, 1.165) is 5.92 Å². The van der Waals surface area contributed by atoms with Crippen molar-refractivity contribution in [3.05, 3.63) is 11.7 Å². The Kier molecular flexibility index (Phi) is 3.36. The van der Waals surface area contributed by atoms with Crippen LogP contribution in [0.2, 0.25) is 0 Å². The van der Waals surface area contributed by atoms with Crippen LogP contribution in [0, 0.1) is 12.8 Å². The molecule has 0 aliphatic heterocycles. The molecule has 1 aliphatic carbocycles. The van der Waals surface area contributed by atoms with Gasteiger partial charge in [-0.25, -0.2) is 0 Å². The third kappa shape index (κ3) is 3.02. The van der Waals surface area contributed by atoms with Gasteiger partial charge in [0.1, 0.15) is 0 Å². The molecule has 1 N–H and O–H groups in total. The average Bonchev–Trinajstić information content (AvgIpc) is 2.64. The number of nitrogens with zero attached hydrogens (tertiary/aromatic N) is 2. The third-order valence-corrected chi connectivity index (χ3v) is 3.13. The molecule has 2 rings (SSSR count). The van der Waals surface area contributed by atoms with Crippen molar-refractivity contribution >= 4 is 0 Å². The fourth-order valence-corrected chi connectivity index (χ4v) is 2.11. The summed E-state index contributed by atoms with van der Waals surface area (Å²) in [6, 6.07) is 0.633. The molecule has 0 bridgehead atoms. The normalized spacial score (nSPS) is 26.8. The molecule has 0 amide bonds. The first kappa shape index (κ1) is 10.6. The molecular formula is C11H19N3O. The van der Waals surface area contributed by atoms with Gasteiger partial charge in [0.05, 0.1) is 6.54 Å². The van der Waals surface area contributed by atoms with E-state index in [1.54, 1.807) is 0 Å². The fourth-order valence-electron chi connectivity index (χ4n) is 2.11. The molecule has 15 heavy (non-hydrogen) atoms. The molecule has 0 radical (unpaired) electrons. The molecule has 1 aromatic heterocycles. The molecule has 1 saturated carbocycles. The van der Waals surface area contributed by atoms with E-state index in [4.69, 9.17) is 4.52 Å². The van der Waals surface area contributed by atoms with E-state index in [0.29, 0.717) is 24.3 Å². The van der Waals surface area contributed by atoms with Crippen molar-refractivity contribution in [1.82, 2.24) is 15.5 Å². The monoisotopic (exact) mass is 209 g/mol. The highest BCUT2D eigenvalue weighted by atomic mass is 16.5. The first-order chi connectivity index (χ1) is 7.24. The molecule has 4 nitrogen and oxygen atoms in total. The minimum atomic E-state index is 0.633. The lowest BCUT2D eigenvalue weighted by atomic mass is 9.87. The predicted octanol–water partition coefficient (Wildman–Crippen LogP) is 2.05. The second-order valence-corrected chi connectivity index (χ2v) is 4.57. The van der Waals surface area contributed by atoms with Crippen LogP contribution in [0.25, 0.3) is 0 Å². The van der Waals surface area contributed by atoms with Crippen LogP contribution in [-0.2, 0) is 6.54 Å². The Morgan fingerprint density at radius 2 is 2.07 bits per heavy atom. The maximum Gasteiger partial charge on any atom is 0.240 e. The Morgan fingerprint density at radius 1 is 1.33 bits per heavy atom. The fraction of sp³-hybridized carbons (Fsp3) is 0.818. The molecule has 1 aliphatic rings. The van der Waals surface area contributed by atoms with Crippen LogP contribution in [0.15, 0.2) is 4.52 Å². The predicted molar refractivity (Wildman–Crippen MR) is 57.3 cm³/mol. The molecule has 0 saturated heterocycles. The van der Waals surface area contributed by atoms with Gasteiger partial charge in [-0.3, -0.25) is 0 Å². The summed E-state index contributed by atoms with van der Waals surface area (Å²) in [6.07, 6.45) is 5.21. The lowest BCUT2D eigenvalue weighted by Gasteiger charge is -2.26. The van der Waals surface area contributed by atoms with Crippen LogP contribution >= 0.6 is 0 Å². The van der Waals surface area contributed by atoms with Crippen LogP contribution in [0.1, 0.15) is 44.3 Å². The second kappa shape index (κ2) is 4.75. The number of hydrogen-bond donors (Lipinski definition) is 1. The standard InChI is InChI=1S/C11H19N3O/c1-8-3-5-10(6-4-8)12-7-11-13-9(2)14-15-11/h8,10,12H,3-7H2,1-2H3. The van der Waals surface area contributed by atoms with Crippen LogP contribution < -0.4 is 5.32 Å². The summed E-state index contributed by atoms with van der Waals surface area (Å²) in [7, 11) is 0. The molecule has 1 heterocycles. The Morgan fingerprint density at radius 3 is 2.67 bits per heavy atom. The summed E-state index contributed by atoms with van der Waals surface area (Å²) in [5.41, 5.74) is 0.